The highest BCUT2D eigenvalue weighted by atomic mass is 14.5. The van der Waals surface area contributed by atoms with Crippen LogP contribution < -0.4 is 5.73 Å². The maximum atomic E-state index is 3.59. The van der Waals surface area contributed by atoms with Crippen molar-refractivity contribution in [1.82, 2.24) is 0 Å². The Kier molecular flexibility index (Phi) is 4.03. The van der Waals surface area contributed by atoms with Gasteiger partial charge in [0.05, 0.1) is 6.54 Å². The highest BCUT2D eigenvalue weighted by molar-refractivity contribution is 4.96. The van der Waals surface area contributed by atoms with Gasteiger partial charge in [-0.15, -0.1) is 0 Å². The van der Waals surface area contributed by atoms with Crippen molar-refractivity contribution in [1.29, 1.82) is 0 Å². The summed E-state index contributed by atoms with van der Waals surface area (Å²) in [5.74, 6) is 0. The molecule has 0 amide bonds. The molecule has 0 saturated heterocycles. The third kappa shape index (κ3) is 3.44. The monoisotopic (exact) mass is 84.1 g/mol. The molecule has 6 heavy (non-hydrogen) atoms. The van der Waals surface area contributed by atoms with Gasteiger partial charge in [-0.25, -0.2) is 0 Å². The van der Waals surface area contributed by atoms with Gasteiger partial charge in [0.15, 0.2) is 0 Å². The molecule has 0 spiro atoms. The Labute approximate surface area is 38.2 Å². The summed E-state index contributed by atoms with van der Waals surface area (Å²) in [6.45, 7) is 4.34. The van der Waals surface area contributed by atoms with Gasteiger partial charge in [0.25, 0.3) is 0 Å². The summed E-state index contributed by atoms with van der Waals surface area (Å²) in [6, 6.07) is 0. The molecule has 1 nitrogen and oxygen atoms in total. The maximum Gasteiger partial charge on any atom is 0.0929 e. The first kappa shape index (κ1) is 5.44. The molecule has 0 heterocycles. The largest absolute Gasteiger partial charge is 0.354 e. The second kappa shape index (κ2) is 4.44. The standard InChI is InChI=1S/C5H9N/c1-2-3-4-5-6/h2-4H,1,5-6H2/p+1/b4-3+. The molecule has 0 aliphatic carbocycles. The summed E-state index contributed by atoms with van der Waals surface area (Å²) in [7, 11) is 0. The van der Waals surface area contributed by atoms with Crippen LogP contribution in [0.15, 0.2) is 24.8 Å². The van der Waals surface area contributed by atoms with E-state index in [1.807, 2.05) is 12.2 Å². The topological polar surface area (TPSA) is 27.6 Å². The Morgan fingerprint density at radius 2 is 2.33 bits per heavy atom. The third-order valence-corrected chi connectivity index (χ3v) is 0.439. The number of hydrogen-bond acceptors (Lipinski definition) is 0. The summed E-state index contributed by atoms with van der Waals surface area (Å²) >= 11 is 0. The van der Waals surface area contributed by atoms with E-state index in [-0.39, 0.29) is 0 Å². The Balaban J connectivity index is 2.94. The fraction of sp³-hybridized carbons (Fsp3) is 0.200. The molecule has 0 aliphatic rings. The quantitative estimate of drug-likeness (QED) is 0.455. The van der Waals surface area contributed by atoms with Gasteiger partial charge >= 0.3 is 0 Å². The molecule has 0 aromatic heterocycles. The van der Waals surface area contributed by atoms with Crippen LogP contribution in [-0.2, 0) is 0 Å². The van der Waals surface area contributed by atoms with E-state index in [2.05, 4.69) is 12.3 Å². The van der Waals surface area contributed by atoms with Crippen molar-refractivity contribution in [3.05, 3.63) is 24.8 Å². The van der Waals surface area contributed by atoms with Crippen molar-refractivity contribution >= 4 is 0 Å². The van der Waals surface area contributed by atoms with Crippen molar-refractivity contribution in [2.24, 2.45) is 0 Å². The van der Waals surface area contributed by atoms with Crippen LogP contribution in [0.25, 0.3) is 0 Å². The minimum atomic E-state index is 0.853. The SMILES string of the molecule is C=C/C=C/C[NH3+]. The predicted octanol–water partition coefficient (Wildman–Crippen LogP) is -0.0295. The van der Waals surface area contributed by atoms with Crippen molar-refractivity contribution in [2.75, 3.05) is 6.54 Å². The lowest BCUT2D eigenvalue weighted by atomic mass is 10.5. The molecule has 0 bridgehead atoms. The number of quaternary nitrogens is 1. The molecule has 0 radical (unpaired) electrons. The molecule has 0 aromatic rings. The van der Waals surface area contributed by atoms with Gasteiger partial charge in [-0.05, 0) is 6.08 Å². The van der Waals surface area contributed by atoms with E-state index in [0.717, 1.165) is 6.54 Å². The molecular weight excluding hydrogens is 74.1 g/mol. The average Bonchev–Trinajstić information content (AvgIpc) is 1.61. The first-order chi connectivity index (χ1) is 2.91. The minimum absolute atomic E-state index is 0.853. The van der Waals surface area contributed by atoms with E-state index in [9.17, 15) is 0 Å². The molecule has 0 saturated carbocycles. The minimum Gasteiger partial charge on any atom is -0.354 e. The van der Waals surface area contributed by atoms with E-state index >= 15 is 0 Å². The molecule has 0 aromatic carbocycles. The lowest BCUT2D eigenvalue weighted by Crippen LogP contribution is -2.49. The average molecular weight is 84.1 g/mol. The van der Waals surface area contributed by atoms with Crippen molar-refractivity contribution in [3.63, 3.8) is 0 Å². The number of rotatable bonds is 2. The zero-order valence-corrected chi connectivity index (χ0v) is 3.85. The van der Waals surface area contributed by atoms with Gasteiger partial charge in [0.2, 0.25) is 0 Å². The molecular formula is C5H10N+. The van der Waals surface area contributed by atoms with Crippen LogP contribution in [0.3, 0.4) is 0 Å². The fourth-order valence-corrected chi connectivity index (χ4v) is 0.192. The highest BCUT2D eigenvalue weighted by Gasteiger charge is 1.58. The predicted molar refractivity (Wildman–Crippen MR) is 27.1 cm³/mol. The lowest BCUT2D eigenvalue weighted by molar-refractivity contribution is -0.352. The first-order valence-corrected chi connectivity index (χ1v) is 1.98. The molecule has 0 atom stereocenters. The molecule has 0 unspecified atom stereocenters. The van der Waals surface area contributed by atoms with Gasteiger partial charge in [-0.1, -0.05) is 18.7 Å². The van der Waals surface area contributed by atoms with Gasteiger partial charge in [-0.3, -0.25) is 0 Å². The van der Waals surface area contributed by atoms with Gasteiger partial charge in [-0.2, -0.15) is 0 Å². The van der Waals surface area contributed by atoms with Crippen LogP contribution >= 0.6 is 0 Å². The molecule has 34 valence electrons. The van der Waals surface area contributed by atoms with Crippen molar-refractivity contribution < 1.29 is 5.73 Å². The number of hydrogen-bond donors (Lipinski definition) is 1. The van der Waals surface area contributed by atoms with E-state index in [4.69, 9.17) is 0 Å². The Morgan fingerprint density at radius 3 is 2.50 bits per heavy atom. The van der Waals surface area contributed by atoms with Crippen LogP contribution in [0.2, 0.25) is 0 Å². The van der Waals surface area contributed by atoms with E-state index in [1.165, 1.54) is 0 Å². The number of allylic oxidation sites excluding steroid dienone is 2. The maximum absolute atomic E-state index is 3.59. The fourth-order valence-electron chi connectivity index (χ4n) is 0.192. The van der Waals surface area contributed by atoms with Crippen LogP contribution in [0, 0.1) is 0 Å². The molecule has 3 N–H and O–H groups in total. The van der Waals surface area contributed by atoms with Gasteiger partial charge in [0, 0.05) is 0 Å². The lowest BCUT2D eigenvalue weighted by Gasteiger charge is -1.66. The van der Waals surface area contributed by atoms with Crippen LogP contribution in [0.4, 0.5) is 0 Å². The molecule has 1 heteroatoms. The van der Waals surface area contributed by atoms with Crippen LogP contribution in [0.1, 0.15) is 0 Å². The summed E-state index contributed by atoms with van der Waals surface area (Å²) < 4.78 is 0. The van der Waals surface area contributed by atoms with Gasteiger partial charge in [0.1, 0.15) is 0 Å². The summed E-state index contributed by atoms with van der Waals surface area (Å²) in [4.78, 5) is 0. The third-order valence-electron chi connectivity index (χ3n) is 0.439. The van der Waals surface area contributed by atoms with E-state index in [1.54, 1.807) is 6.08 Å². The zero-order chi connectivity index (χ0) is 4.83. The summed E-state index contributed by atoms with van der Waals surface area (Å²) in [5.41, 5.74) is 3.59. The Morgan fingerprint density at radius 1 is 1.67 bits per heavy atom. The Hall–Kier alpha value is -0.560. The first-order valence-electron chi connectivity index (χ1n) is 1.98. The second-order valence-corrected chi connectivity index (χ2v) is 0.953. The Bertz CT molecular complexity index is 55.0. The molecule has 0 fully saturated rings. The molecule has 0 aliphatic heterocycles. The van der Waals surface area contributed by atoms with Crippen LogP contribution in [0.5, 0.6) is 0 Å². The van der Waals surface area contributed by atoms with E-state index < -0.39 is 0 Å². The summed E-state index contributed by atoms with van der Waals surface area (Å²) in [5, 5.41) is 0. The van der Waals surface area contributed by atoms with Crippen molar-refractivity contribution in [3.8, 4) is 0 Å². The van der Waals surface area contributed by atoms with E-state index in [0.29, 0.717) is 0 Å². The normalized spacial score (nSPS) is 9.50. The zero-order valence-electron chi connectivity index (χ0n) is 3.85. The molecule has 0 rings (SSSR count). The second-order valence-electron chi connectivity index (χ2n) is 0.953. The van der Waals surface area contributed by atoms with Gasteiger partial charge < -0.3 is 5.73 Å². The highest BCUT2D eigenvalue weighted by Crippen LogP contribution is 1.63. The van der Waals surface area contributed by atoms with Crippen molar-refractivity contribution in [2.45, 2.75) is 0 Å². The van der Waals surface area contributed by atoms with Crippen LogP contribution in [-0.4, -0.2) is 6.54 Å². The smallest absolute Gasteiger partial charge is 0.0929 e. The summed E-state index contributed by atoms with van der Waals surface area (Å²) in [6.07, 6.45) is 5.57.